The molecule has 0 aliphatic carbocycles. The number of benzene rings is 1. The van der Waals surface area contributed by atoms with Gasteiger partial charge in [0.15, 0.2) is 0 Å². The van der Waals surface area contributed by atoms with Crippen molar-refractivity contribution in [2.24, 2.45) is 11.8 Å². The summed E-state index contributed by atoms with van der Waals surface area (Å²) in [4.78, 5) is 57.6. The van der Waals surface area contributed by atoms with E-state index in [2.05, 4.69) is 34.4 Å². The molecule has 3 aliphatic heterocycles. The Hall–Kier alpha value is -3.02. The number of rotatable bonds is 15. The predicted molar refractivity (Wildman–Crippen MR) is 164 cm³/mol. The maximum Gasteiger partial charge on any atom is 0.306 e. The first-order valence-electron chi connectivity index (χ1n) is 14.9. The quantitative estimate of drug-likeness (QED) is 0.169. The van der Waals surface area contributed by atoms with E-state index in [-0.39, 0.29) is 55.3 Å². The van der Waals surface area contributed by atoms with Crippen molar-refractivity contribution in [1.82, 2.24) is 15.1 Å². The van der Waals surface area contributed by atoms with Crippen molar-refractivity contribution in [2.75, 3.05) is 26.3 Å². The Labute approximate surface area is 261 Å². The number of aliphatic hydroxyl groups is 1. The van der Waals surface area contributed by atoms with Crippen LogP contribution in [0.3, 0.4) is 0 Å². The Kier molecular flexibility index (Phi) is 10.8. The van der Waals surface area contributed by atoms with Gasteiger partial charge in [0.25, 0.3) is 0 Å². The fraction of sp³-hybridized carbons (Fsp3) is 0.562. The molecule has 0 radical (unpaired) electrons. The lowest BCUT2D eigenvalue weighted by Crippen LogP contribution is -2.58. The van der Waals surface area contributed by atoms with E-state index < -0.39 is 47.5 Å². The Morgan fingerprint density at radius 2 is 1.98 bits per heavy atom. The molecule has 3 fully saturated rings. The molecule has 0 saturated carbocycles. The summed E-state index contributed by atoms with van der Waals surface area (Å²) >= 11 is 3.69. The standard InChI is InChI=1S/C32H42BrN3O7/c1-5-7-14-24(38)42-19-23(21-12-9-8-10-13-21)34-29(39)25-26-30(40)36(16-11-17-37)28(31(41)35(15-6-2)20(3)4)32(26)18-22(33)27(25)43-32/h5-6,8-10,12-13,20,22-23,25-28,37H,1-2,7,11,14-19H2,3-4H3,(H,34,39)/t22?,23-,25-,26+,27-,28-,32+/m1/s1. The number of fused-ring (bicyclic) bond motifs is 1. The van der Waals surface area contributed by atoms with Gasteiger partial charge in [0.2, 0.25) is 17.7 Å². The zero-order chi connectivity index (χ0) is 31.3. The van der Waals surface area contributed by atoms with Crippen LogP contribution in [0.15, 0.2) is 55.6 Å². The van der Waals surface area contributed by atoms with E-state index in [1.165, 1.54) is 4.90 Å². The van der Waals surface area contributed by atoms with Crippen LogP contribution in [0.1, 0.15) is 51.1 Å². The van der Waals surface area contributed by atoms with Gasteiger partial charge < -0.3 is 29.7 Å². The third-order valence-electron chi connectivity index (χ3n) is 8.60. The monoisotopic (exact) mass is 659 g/mol. The van der Waals surface area contributed by atoms with Gasteiger partial charge in [-0.05, 0) is 38.7 Å². The van der Waals surface area contributed by atoms with Gasteiger partial charge >= 0.3 is 5.97 Å². The lowest BCUT2D eigenvalue weighted by molar-refractivity contribution is -0.149. The zero-order valence-corrected chi connectivity index (χ0v) is 26.4. The van der Waals surface area contributed by atoms with Gasteiger partial charge in [-0.3, -0.25) is 19.2 Å². The molecule has 3 heterocycles. The first-order chi connectivity index (χ1) is 20.6. The Bertz CT molecular complexity index is 1210. The molecule has 2 N–H and O–H groups in total. The fourth-order valence-corrected chi connectivity index (χ4v) is 7.63. The summed E-state index contributed by atoms with van der Waals surface area (Å²) in [5.74, 6) is -3.17. The minimum Gasteiger partial charge on any atom is -0.463 e. The molecule has 1 unspecified atom stereocenters. The van der Waals surface area contributed by atoms with Crippen LogP contribution in [0.4, 0.5) is 0 Å². The number of halogens is 1. The topological polar surface area (TPSA) is 125 Å². The normalized spacial score (nSPS) is 28.0. The molecule has 43 heavy (non-hydrogen) atoms. The second-order valence-corrected chi connectivity index (χ2v) is 12.8. The minimum absolute atomic E-state index is 0.0832. The predicted octanol–water partition coefficient (Wildman–Crippen LogP) is 2.91. The summed E-state index contributed by atoms with van der Waals surface area (Å²) in [6.45, 7) is 11.4. The van der Waals surface area contributed by atoms with Crippen LogP contribution in [0.25, 0.3) is 0 Å². The average molecular weight is 661 g/mol. The number of carbonyl (C=O) groups excluding carboxylic acids is 4. The Balaban J connectivity index is 1.65. The zero-order valence-electron chi connectivity index (χ0n) is 24.8. The van der Waals surface area contributed by atoms with Crippen LogP contribution in [0.2, 0.25) is 0 Å². The van der Waals surface area contributed by atoms with Crippen LogP contribution in [0, 0.1) is 11.8 Å². The highest BCUT2D eigenvalue weighted by atomic mass is 79.9. The number of alkyl halides is 1. The lowest BCUT2D eigenvalue weighted by Gasteiger charge is -2.38. The van der Waals surface area contributed by atoms with E-state index in [1.54, 1.807) is 17.1 Å². The van der Waals surface area contributed by atoms with Crippen molar-refractivity contribution in [3.63, 3.8) is 0 Å². The van der Waals surface area contributed by atoms with Crippen molar-refractivity contribution in [3.05, 3.63) is 61.2 Å². The van der Waals surface area contributed by atoms with Crippen molar-refractivity contribution in [2.45, 2.75) is 74.2 Å². The van der Waals surface area contributed by atoms with Gasteiger partial charge in [0, 0.05) is 37.0 Å². The van der Waals surface area contributed by atoms with Crippen LogP contribution in [-0.4, -0.2) is 93.5 Å². The fourth-order valence-electron chi connectivity index (χ4n) is 6.68. The number of aliphatic hydroxyl groups excluding tert-OH is 1. The molecular formula is C32H42BrN3O7. The molecule has 10 nitrogen and oxygen atoms in total. The molecule has 7 atom stereocenters. The summed E-state index contributed by atoms with van der Waals surface area (Å²) in [5.41, 5.74) is -0.466. The Morgan fingerprint density at radius 1 is 1.26 bits per heavy atom. The molecule has 3 aliphatic rings. The highest BCUT2D eigenvalue weighted by Crippen LogP contribution is 2.60. The van der Waals surface area contributed by atoms with E-state index in [1.807, 2.05) is 44.2 Å². The number of amides is 3. The molecule has 0 aromatic heterocycles. The van der Waals surface area contributed by atoms with Gasteiger partial charge in [0.05, 0.1) is 24.0 Å². The number of nitrogens with zero attached hydrogens (tertiary/aromatic N) is 2. The number of ether oxygens (including phenoxy) is 2. The van der Waals surface area contributed by atoms with Gasteiger partial charge in [0.1, 0.15) is 18.2 Å². The van der Waals surface area contributed by atoms with Gasteiger partial charge in [-0.1, -0.05) is 58.4 Å². The minimum atomic E-state index is -1.21. The molecule has 3 amide bonds. The first kappa shape index (κ1) is 32.9. The van der Waals surface area contributed by atoms with Crippen LogP contribution < -0.4 is 5.32 Å². The molecular weight excluding hydrogens is 618 g/mol. The van der Waals surface area contributed by atoms with Crippen LogP contribution in [0.5, 0.6) is 0 Å². The molecule has 11 heteroatoms. The first-order valence-corrected chi connectivity index (χ1v) is 15.8. The number of hydrogen-bond donors (Lipinski definition) is 2. The number of hydrogen-bond acceptors (Lipinski definition) is 7. The summed E-state index contributed by atoms with van der Waals surface area (Å²) in [5, 5.41) is 12.6. The highest BCUT2D eigenvalue weighted by molar-refractivity contribution is 9.09. The third-order valence-corrected chi connectivity index (χ3v) is 9.44. The third kappa shape index (κ3) is 6.44. The van der Waals surface area contributed by atoms with E-state index >= 15 is 0 Å². The van der Waals surface area contributed by atoms with E-state index in [0.29, 0.717) is 19.4 Å². The molecule has 1 spiro atoms. The van der Waals surface area contributed by atoms with E-state index in [4.69, 9.17) is 9.47 Å². The van der Waals surface area contributed by atoms with Crippen molar-refractivity contribution >= 4 is 39.6 Å². The van der Waals surface area contributed by atoms with Crippen LogP contribution in [-0.2, 0) is 28.7 Å². The summed E-state index contributed by atoms with van der Waals surface area (Å²) in [6.07, 6.45) is 3.97. The number of esters is 1. The number of nitrogens with one attached hydrogen (secondary N) is 1. The van der Waals surface area contributed by atoms with Crippen LogP contribution >= 0.6 is 15.9 Å². The molecule has 1 aromatic carbocycles. The van der Waals surface area contributed by atoms with Crippen molar-refractivity contribution < 1.29 is 33.8 Å². The number of carbonyl (C=O) groups is 4. The lowest BCUT2D eigenvalue weighted by atomic mass is 9.70. The molecule has 4 rings (SSSR count). The van der Waals surface area contributed by atoms with Gasteiger partial charge in [-0.15, -0.1) is 13.2 Å². The number of allylic oxidation sites excluding steroid dienone is 1. The highest BCUT2D eigenvalue weighted by Gasteiger charge is 2.76. The summed E-state index contributed by atoms with van der Waals surface area (Å²) in [6, 6.07) is 7.42. The molecule has 2 bridgehead atoms. The molecule has 1 aromatic rings. The van der Waals surface area contributed by atoms with E-state index in [9.17, 15) is 24.3 Å². The van der Waals surface area contributed by atoms with Crippen molar-refractivity contribution in [1.29, 1.82) is 0 Å². The van der Waals surface area contributed by atoms with E-state index in [0.717, 1.165) is 5.56 Å². The molecule has 234 valence electrons. The SMILES string of the molecule is C=CCCC(=O)OC[C@@H](NC(=O)[C@H]1[C@@H]2O[C@@]3(CC2Br)[C@@H]1C(=O)N(CCCO)[C@@H]3C(=O)N(CC=C)C(C)C)c1ccccc1. The maximum absolute atomic E-state index is 14.2. The smallest absolute Gasteiger partial charge is 0.306 e. The van der Waals surface area contributed by atoms with Crippen molar-refractivity contribution in [3.8, 4) is 0 Å². The number of likely N-dealkylation sites (tertiary alicyclic amines) is 1. The summed E-state index contributed by atoms with van der Waals surface area (Å²) in [7, 11) is 0. The molecule has 3 saturated heterocycles. The average Bonchev–Trinajstić information content (AvgIpc) is 3.58. The Morgan fingerprint density at radius 3 is 2.60 bits per heavy atom. The van der Waals surface area contributed by atoms with Gasteiger partial charge in [-0.2, -0.15) is 0 Å². The second-order valence-electron chi connectivity index (χ2n) is 11.6. The second kappa shape index (κ2) is 14.2. The maximum atomic E-state index is 14.2. The van der Waals surface area contributed by atoms with Gasteiger partial charge in [-0.25, -0.2) is 0 Å². The largest absolute Gasteiger partial charge is 0.463 e. The summed E-state index contributed by atoms with van der Waals surface area (Å²) < 4.78 is 12.1.